The first-order valence-corrected chi connectivity index (χ1v) is 6.17. The molecule has 108 valence electrons. The van der Waals surface area contributed by atoms with Crippen molar-refractivity contribution in [2.75, 3.05) is 0 Å². The Labute approximate surface area is 116 Å². The summed E-state index contributed by atoms with van der Waals surface area (Å²) in [5, 5.41) is 9.75. The summed E-state index contributed by atoms with van der Waals surface area (Å²) in [5.74, 6) is -0.00545. The second-order valence-corrected chi connectivity index (χ2v) is 4.66. The van der Waals surface area contributed by atoms with E-state index in [0.717, 1.165) is 4.57 Å². The van der Waals surface area contributed by atoms with Crippen LogP contribution in [0.2, 0.25) is 0 Å². The van der Waals surface area contributed by atoms with E-state index in [4.69, 9.17) is 0 Å². The number of aromatic hydroxyl groups is 1. The maximum absolute atomic E-state index is 12.3. The first kappa shape index (κ1) is 13.0. The Hall–Kier alpha value is -3.03. The molecule has 0 aliphatic carbocycles. The van der Waals surface area contributed by atoms with Gasteiger partial charge in [-0.3, -0.25) is 23.9 Å². The van der Waals surface area contributed by atoms with Crippen molar-refractivity contribution in [3.8, 4) is 5.75 Å². The summed E-state index contributed by atoms with van der Waals surface area (Å²) < 4.78 is 2.13. The molecule has 0 fully saturated rings. The molecule has 2 heterocycles. The van der Waals surface area contributed by atoms with Crippen molar-refractivity contribution in [3.63, 3.8) is 0 Å². The molecule has 3 aromatic rings. The van der Waals surface area contributed by atoms with Gasteiger partial charge in [-0.2, -0.15) is 0 Å². The van der Waals surface area contributed by atoms with Crippen molar-refractivity contribution < 1.29 is 5.11 Å². The summed E-state index contributed by atoms with van der Waals surface area (Å²) in [4.78, 5) is 40.6. The van der Waals surface area contributed by atoms with E-state index in [9.17, 15) is 19.5 Å². The first-order chi connectivity index (χ1) is 9.99. The van der Waals surface area contributed by atoms with E-state index in [0.29, 0.717) is 5.56 Å². The van der Waals surface area contributed by atoms with E-state index in [1.807, 2.05) is 0 Å². The monoisotopic (exact) mass is 288 g/mol. The number of imidazole rings is 1. The number of hydrogen-bond donors (Lipinski definition) is 3. The van der Waals surface area contributed by atoms with Crippen molar-refractivity contribution in [2.24, 2.45) is 7.05 Å². The fourth-order valence-corrected chi connectivity index (χ4v) is 2.23. The van der Waals surface area contributed by atoms with Crippen LogP contribution in [0.1, 0.15) is 5.56 Å². The highest BCUT2D eigenvalue weighted by Gasteiger charge is 2.14. The molecular weight excluding hydrogens is 276 g/mol. The zero-order valence-electron chi connectivity index (χ0n) is 11.1. The largest absolute Gasteiger partial charge is 0.508 e. The maximum atomic E-state index is 12.3. The molecule has 8 heteroatoms. The van der Waals surface area contributed by atoms with Gasteiger partial charge in [-0.05, 0) is 6.07 Å². The Bertz CT molecular complexity index is 1010. The Morgan fingerprint density at radius 3 is 2.57 bits per heavy atom. The number of phenols is 1. The van der Waals surface area contributed by atoms with Crippen LogP contribution in [0.15, 0.2) is 38.6 Å². The predicted octanol–water partition coefficient (Wildman–Crippen LogP) is -0.530. The van der Waals surface area contributed by atoms with Gasteiger partial charge in [-0.25, -0.2) is 9.59 Å². The topological polar surface area (TPSA) is 113 Å². The summed E-state index contributed by atoms with van der Waals surface area (Å²) in [6.07, 6.45) is 0. The highest BCUT2D eigenvalue weighted by Crippen LogP contribution is 2.15. The van der Waals surface area contributed by atoms with Gasteiger partial charge in [0.05, 0.1) is 6.54 Å². The van der Waals surface area contributed by atoms with E-state index >= 15 is 0 Å². The molecule has 0 radical (unpaired) electrons. The Balaban J connectivity index is 2.29. The van der Waals surface area contributed by atoms with E-state index in [1.165, 1.54) is 17.7 Å². The number of phenolic OH excluding ortho intramolecular Hbond substituents is 1. The molecule has 3 N–H and O–H groups in total. The molecule has 8 nitrogen and oxygen atoms in total. The third-order valence-electron chi connectivity index (χ3n) is 3.34. The average molecular weight is 288 g/mol. The molecule has 21 heavy (non-hydrogen) atoms. The lowest BCUT2D eigenvalue weighted by Crippen LogP contribution is -2.39. The molecule has 0 aliphatic rings. The lowest BCUT2D eigenvalue weighted by atomic mass is 10.2. The van der Waals surface area contributed by atoms with E-state index < -0.39 is 16.9 Å². The molecule has 0 atom stereocenters. The molecule has 0 spiro atoms. The van der Waals surface area contributed by atoms with Gasteiger partial charge in [0, 0.05) is 12.6 Å². The second kappa shape index (κ2) is 4.51. The second-order valence-electron chi connectivity index (χ2n) is 4.66. The molecule has 2 aromatic heterocycles. The lowest BCUT2D eigenvalue weighted by Gasteiger charge is -2.09. The lowest BCUT2D eigenvalue weighted by molar-refractivity contribution is 0.464. The Morgan fingerprint density at radius 2 is 1.86 bits per heavy atom. The summed E-state index contributed by atoms with van der Waals surface area (Å²) in [7, 11) is 1.45. The number of fused-ring (bicyclic) bond motifs is 1. The number of H-pyrrole nitrogens is 2. The summed E-state index contributed by atoms with van der Waals surface area (Å²) in [6.45, 7) is -0.0820. The van der Waals surface area contributed by atoms with Crippen LogP contribution in [0.25, 0.3) is 11.2 Å². The van der Waals surface area contributed by atoms with Crippen molar-refractivity contribution in [3.05, 3.63) is 61.2 Å². The van der Waals surface area contributed by atoms with Gasteiger partial charge in [0.2, 0.25) is 0 Å². The minimum absolute atomic E-state index is 0.00545. The third-order valence-corrected chi connectivity index (χ3v) is 3.34. The molecule has 0 bridgehead atoms. The highest BCUT2D eigenvalue weighted by atomic mass is 16.3. The van der Waals surface area contributed by atoms with E-state index in [-0.39, 0.29) is 23.5 Å². The molecule has 0 aliphatic heterocycles. The maximum Gasteiger partial charge on any atom is 0.332 e. The van der Waals surface area contributed by atoms with Crippen LogP contribution >= 0.6 is 0 Å². The summed E-state index contributed by atoms with van der Waals surface area (Å²) >= 11 is 0. The van der Waals surface area contributed by atoms with Gasteiger partial charge < -0.3 is 5.11 Å². The molecule has 0 saturated carbocycles. The number of hydrogen-bond acceptors (Lipinski definition) is 4. The third kappa shape index (κ3) is 1.97. The normalized spacial score (nSPS) is 11.1. The smallest absolute Gasteiger partial charge is 0.332 e. The number of benzene rings is 1. The van der Waals surface area contributed by atoms with Crippen LogP contribution in [0.3, 0.4) is 0 Å². The van der Waals surface area contributed by atoms with Crippen LogP contribution in [-0.2, 0) is 13.6 Å². The number of nitrogens with one attached hydrogen (secondary N) is 2. The van der Waals surface area contributed by atoms with Gasteiger partial charge in [-0.15, -0.1) is 0 Å². The number of rotatable bonds is 2. The molecule has 0 amide bonds. The number of para-hydroxylation sites is 1. The molecule has 0 saturated heterocycles. The van der Waals surface area contributed by atoms with Gasteiger partial charge in [0.1, 0.15) is 11.4 Å². The minimum atomic E-state index is -0.616. The highest BCUT2D eigenvalue weighted by molar-refractivity contribution is 5.68. The number of aryl methyl sites for hydroxylation is 1. The summed E-state index contributed by atoms with van der Waals surface area (Å²) in [6, 6.07) is 6.43. The molecular formula is C13H12N4O4. The Morgan fingerprint density at radius 1 is 1.14 bits per heavy atom. The first-order valence-electron chi connectivity index (χ1n) is 6.17. The number of aromatic nitrogens is 4. The van der Waals surface area contributed by atoms with Crippen LogP contribution < -0.4 is 16.9 Å². The van der Waals surface area contributed by atoms with Gasteiger partial charge >= 0.3 is 11.4 Å². The fraction of sp³-hybridized carbons (Fsp3) is 0.154. The average Bonchev–Trinajstić information content (AvgIpc) is 2.85. The molecule has 1 aromatic carbocycles. The van der Waals surface area contributed by atoms with Crippen LogP contribution in [0, 0.1) is 0 Å². The van der Waals surface area contributed by atoms with Crippen molar-refractivity contribution >= 4 is 11.2 Å². The molecule has 0 unspecified atom stereocenters. The van der Waals surface area contributed by atoms with E-state index in [2.05, 4.69) is 9.97 Å². The molecule has 3 rings (SSSR count). The SMILES string of the molecule is Cn1c(=O)n(Cc2ccccc2O)c(=O)c2[nH]c(=O)[nH]c21. The van der Waals surface area contributed by atoms with Crippen LogP contribution in [0.5, 0.6) is 5.75 Å². The van der Waals surface area contributed by atoms with E-state index in [1.54, 1.807) is 18.2 Å². The van der Waals surface area contributed by atoms with Gasteiger partial charge in [0.25, 0.3) is 5.56 Å². The standard InChI is InChI=1S/C13H12N4O4/c1-16-10-9(14-12(20)15-10)11(19)17(13(16)21)6-7-4-2-3-5-8(7)18/h2-5,18H,6H2,1H3,(H2,14,15,20). The van der Waals surface area contributed by atoms with Crippen molar-refractivity contribution in [1.82, 2.24) is 19.1 Å². The van der Waals surface area contributed by atoms with Crippen LogP contribution in [0.4, 0.5) is 0 Å². The van der Waals surface area contributed by atoms with Crippen molar-refractivity contribution in [2.45, 2.75) is 6.54 Å². The Kier molecular flexibility index (Phi) is 2.79. The summed E-state index contributed by atoms with van der Waals surface area (Å²) in [5.41, 5.74) is -1.15. The van der Waals surface area contributed by atoms with Crippen LogP contribution in [-0.4, -0.2) is 24.2 Å². The zero-order chi connectivity index (χ0) is 15.1. The van der Waals surface area contributed by atoms with Gasteiger partial charge in [0.15, 0.2) is 5.52 Å². The van der Waals surface area contributed by atoms with Gasteiger partial charge in [-0.1, -0.05) is 18.2 Å². The van der Waals surface area contributed by atoms with Crippen molar-refractivity contribution in [1.29, 1.82) is 0 Å². The quantitative estimate of drug-likeness (QED) is 0.588. The zero-order valence-corrected chi connectivity index (χ0v) is 11.1. The minimum Gasteiger partial charge on any atom is -0.508 e. The predicted molar refractivity (Wildman–Crippen MR) is 75.6 cm³/mol. The number of nitrogens with zero attached hydrogens (tertiary/aromatic N) is 2. The number of aromatic amines is 2. The fourth-order valence-electron chi connectivity index (χ4n) is 2.23.